The van der Waals surface area contributed by atoms with Crippen LogP contribution in [-0.2, 0) is 11.2 Å². The topological polar surface area (TPSA) is 41.6 Å². The summed E-state index contributed by atoms with van der Waals surface area (Å²) in [4.78, 5) is 15.2. The number of rotatable bonds is 5. The Balaban J connectivity index is 1.78. The molecule has 1 N–H and O–H groups in total. The number of nitrogens with one attached hydrogen (secondary N) is 1. The summed E-state index contributed by atoms with van der Waals surface area (Å²) >= 11 is 1.87. The zero-order valence-electron chi connectivity index (χ0n) is 15.0. The number of carbonyl (C=O) groups excluding carboxylic acids is 1. The minimum absolute atomic E-state index is 0.248. The number of hydrogen-bond acceptors (Lipinski definition) is 4. The summed E-state index contributed by atoms with van der Waals surface area (Å²) in [5.74, 6) is 0.386. The van der Waals surface area contributed by atoms with Crippen LogP contribution in [0.4, 0.5) is 4.79 Å². The van der Waals surface area contributed by atoms with Gasteiger partial charge in [-0.3, -0.25) is 0 Å². The maximum absolute atomic E-state index is 12.0. The molecule has 2 atom stereocenters. The van der Waals surface area contributed by atoms with Gasteiger partial charge < -0.3 is 15.0 Å². The molecule has 0 bridgehead atoms. The van der Waals surface area contributed by atoms with Crippen molar-refractivity contribution in [3.05, 3.63) is 21.9 Å². The fraction of sp³-hybridized carbons (Fsp3) is 0.722. The highest BCUT2D eigenvalue weighted by Crippen LogP contribution is 2.33. The lowest BCUT2D eigenvalue weighted by Crippen LogP contribution is -2.39. The molecular formula is C18H30N2O2S. The third-order valence-electron chi connectivity index (χ3n) is 4.06. The fourth-order valence-electron chi connectivity index (χ4n) is 2.99. The van der Waals surface area contributed by atoms with Crippen LogP contribution in [0.5, 0.6) is 0 Å². The zero-order valence-corrected chi connectivity index (χ0v) is 15.8. The monoisotopic (exact) mass is 338 g/mol. The molecule has 5 heteroatoms. The second-order valence-corrected chi connectivity index (χ2v) is 8.62. The Bertz CT molecular complexity index is 521. The summed E-state index contributed by atoms with van der Waals surface area (Å²) in [6.45, 7) is 9.46. The molecule has 0 spiro atoms. The maximum Gasteiger partial charge on any atom is 0.410 e. The van der Waals surface area contributed by atoms with Gasteiger partial charge in [0.2, 0.25) is 0 Å². The predicted octanol–water partition coefficient (Wildman–Crippen LogP) is 4.22. The van der Waals surface area contributed by atoms with E-state index in [2.05, 4.69) is 23.7 Å². The van der Waals surface area contributed by atoms with Gasteiger partial charge >= 0.3 is 6.09 Å². The molecule has 1 aliphatic rings. The van der Waals surface area contributed by atoms with E-state index in [1.165, 1.54) is 29.7 Å². The van der Waals surface area contributed by atoms with E-state index in [1.807, 2.05) is 39.2 Å². The molecule has 2 unspecified atom stereocenters. The molecule has 23 heavy (non-hydrogen) atoms. The van der Waals surface area contributed by atoms with Crippen LogP contribution in [0.15, 0.2) is 11.4 Å². The SMILES string of the molecule is CC(CNC1CCCc2sccc21)CN(C)C(=O)OC(C)(C)C. The molecule has 1 aliphatic carbocycles. The molecule has 2 rings (SSSR count). The van der Waals surface area contributed by atoms with Crippen LogP contribution in [0.25, 0.3) is 0 Å². The number of hydrogen-bond donors (Lipinski definition) is 1. The second-order valence-electron chi connectivity index (χ2n) is 7.62. The lowest BCUT2D eigenvalue weighted by atomic mass is 9.93. The Morgan fingerprint density at radius 3 is 2.96 bits per heavy atom. The normalized spacial score (nSPS) is 19.1. The quantitative estimate of drug-likeness (QED) is 0.874. The van der Waals surface area contributed by atoms with Crippen LogP contribution in [-0.4, -0.2) is 36.7 Å². The van der Waals surface area contributed by atoms with Gasteiger partial charge in [-0.05, 0) is 69.5 Å². The third-order valence-corrected chi connectivity index (χ3v) is 5.05. The first-order chi connectivity index (χ1) is 10.8. The first-order valence-corrected chi connectivity index (χ1v) is 9.38. The summed E-state index contributed by atoms with van der Waals surface area (Å²) in [7, 11) is 1.81. The summed E-state index contributed by atoms with van der Waals surface area (Å²) in [5, 5.41) is 5.88. The van der Waals surface area contributed by atoms with Crippen LogP contribution in [0.1, 0.15) is 57.0 Å². The molecule has 0 aliphatic heterocycles. The van der Waals surface area contributed by atoms with Crippen LogP contribution in [0, 0.1) is 5.92 Å². The fourth-order valence-corrected chi connectivity index (χ4v) is 3.98. The van der Waals surface area contributed by atoms with Crippen molar-refractivity contribution in [3.63, 3.8) is 0 Å². The Morgan fingerprint density at radius 2 is 2.26 bits per heavy atom. The van der Waals surface area contributed by atoms with Gasteiger partial charge in [-0.1, -0.05) is 6.92 Å². The Morgan fingerprint density at radius 1 is 1.52 bits per heavy atom. The van der Waals surface area contributed by atoms with Gasteiger partial charge in [0.05, 0.1) is 0 Å². The Labute approximate surface area is 144 Å². The molecule has 0 fully saturated rings. The molecular weight excluding hydrogens is 308 g/mol. The lowest BCUT2D eigenvalue weighted by Gasteiger charge is -2.28. The first-order valence-electron chi connectivity index (χ1n) is 8.50. The summed E-state index contributed by atoms with van der Waals surface area (Å²) in [6.07, 6.45) is 3.44. The van der Waals surface area contributed by atoms with E-state index < -0.39 is 5.60 Å². The van der Waals surface area contributed by atoms with Crippen molar-refractivity contribution in [2.75, 3.05) is 20.1 Å². The van der Waals surface area contributed by atoms with Gasteiger partial charge in [-0.15, -0.1) is 11.3 Å². The highest BCUT2D eigenvalue weighted by molar-refractivity contribution is 7.10. The average molecular weight is 339 g/mol. The van der Waals surface area contributed by atoms with Crippen molar-refractivity contribution in [1.82, 2.24) is 10.2 Å². The van der Waals surface area contributed by atoms with E-state index in [0.717, 1.165) is 6.54 Å². The maximum atomic E-state index is 12.0. The standard InChI is InChI=1S/C18H30N2O2S/c1-13(12-20(5)17(21)22-18(2,3)4)11-19-15-7-6-8-16-14(15)9-10-23-16/h9-10,13,15,19H,6-8,11-12H2,1-5H3. The van der Waals surface area contributed by atoms with Crippen LogP contribution in [0.3, 0.4) is 0 Å². The second kappa shape index (κ2) is 7.67. The van der Waals surface area contributed by atoms with Gasteiger partial charge in [-0.25, -0.2) is 4.79 Å². The lowest BCUT2D eigenvalue weighted by molar-refractivity contribution is 0.0276. The van der Waals surface area contributed by atoms with Gasteiger partial charge in [0, 0.05) is 24.5 Å². The minimum atomic E-state index is -0.440. The first kappa shape index (κ1) is 18.3. The molecule has 1 aromatic heterocycles. The number of nitrogens with zero attached hydrogens (tertiary/aromatic N) is 1. The molecule has 0 radical (unpaired) electrons. The minimum Gasteiger partial charge on any atom is -0.444 e. The smallest absolute Gasteiger partial charge is 0.410 e. The number of carbonyl (C=O) groups is 1. The molecule has 0 saturated heterocycles. The van der Waals surface area contributed by atoms with Crippen molar-refractivity contribution >= 4 is 17.4 Å². The summed E-state index contributed by atoms with van der Waals surface area (Å²) < 4.78 is 5.40. The highest BCUT2D eigenvalue weighted by Gasteiger charge is 2.23. The van der Waals surface area contributed by atoms with Crippen molar-refractivity contribution in [1.29, 1.82) is 0 Å². The van der Waals surface area contributed by atoms with E-state index in [9.17, 15) is 4.79 Å². The van der Waals surface area contributed by atoms with Gasteiger partial charge in [-0.2, -0.15) is 0 Å². The van der Waals surface area contributed by atoms with E-state index >= 15 is 0 Å². The molecule has 1 amide bonds. The number of thiophene rings is 1. The Kier molecular flexibility index (Phi) is 6.09. The van der Waals surface area contributed by atoms with Gasteiger partial charge in [0.15, 0.2) is 0 Å². The third kappa shape index (κ3) is 5.50. The van der Waals surface area contributed by atoms with Crippen LogP contribution in [0.2, 0.25) is 0 Å². The summed E-state index contributed by atoms with van der Waals surface area (Å²) in [5.41, 5.74) is 1.04. The molecule has 0 saturated carbocycles. The molecule has 1 heterocycles. The molecule has 4 nitrogen and oxygen atoms in total. The molecule has 0 aromatic carbocycles. The van der Waals surface area contributed by atoms with Crippen molar-refractivity contribution in [2.24, 2.45) is 5.92 Å². The number of amides is 1. The average Bonchev–Trinajstić information content (AvgIpc) is 2.92. The van der Waals surface area contributed by atoms with E-state index in [-0.39, 0.29) is 6.09 Å². The highest BCUT2D eigenvalue weighted by atomic mass is 32.1. The van der Waals surface area contributed by atoms with Crippen LogP contribution >= 0.6 is 11.3 Å². The zero-order chi connectivity index (χ0) is 17.0. The van der Waals surface area contributed by atoms with E-state index in [0.29, 0.717) is 18.5 Å². The largest absolute Gasteiger partial charge is 0.444 e. The van der Waals surface area contributed by atoms with Crippen LogP contribution < -0.4 is 5.32 Å². The molecule has 130 valence electrons. The number of ether oxygens (including phenoxy) is 1. The van der Waals surface area contributed by atoms with Crippen molar-refractivity contribution < 1.29 is 9.53 Å². The van der Waals surface area contributed by atoms with E-state index in [1.54, 1.807) is 4.90 Å². The van der Waals surface area contributed by atoms with E-state index in [4.69, 9.17) is 4.74 Å². The van der Waals surface area contributed by atoms with Crippen molar-refractivity contribution in [3.8, 4) is 0 Å². The number of fused-ring (bicyclic) bond motifs is 1. The Hall–Kier alpha value is -1.07. The van der Waals surface area contributed by atoms with Gasteiger partial charge in [0.1, 0.15) is 5.60 Å². The summed E-state index contributed by atoms with van der Waals surface area (Å²) in [6, 6.07) is 2.73. The van der Waals surface area contributed by atoms with Crippen molar-refractivity contribution in [2.45, 2.75) is 58.6 Å². The van der Waals surface area contributed by atoms with Gasteiger partial charge in [0.25, 0.3) is 0 Å². The predicted molar refractivity (Wildman–Crippen MR) is 96.0 cm³/mol. The molecule has 1 aromatic rings. The number of aryl methyl sites for hydroxylation is 1.